The summed E-state index contributed by atoms with van der Waals surface area (Å²) in [5.74, 6) is 0.520. The Bertz CT molecular complexity index is 749. The van der Waals surface area contributed by atoms with Crippen LogP contribution < -0.4 is 0 Å². The summed E-state index contributed by atoms with van der Waals surface area (Å²) in [5.41, 5.74) is 1.16. The Morgan fingerprint density at radius 2 is 1.86 bits per heavy atom. The van der Waals surface area contributed by atoms with Gasteiger partial charge in [-0.2, -0.15) is 4.31 Å². The molecule has 2 fully saturated rings. The Balaban J connectivity index is 1.53. The minimum absolute atomic E-state index is 0.102. The molecule has 2 aliphatic rings. The molecule has 28 heavy (non-hydrogen) atoms. The first-order chi connectivity index (χ1) is 13.4. The van der Waals surface area contributed by atoms with Crippen molar-refractivity contribution in [3.05, 3.63) is 29.8 Å². The highest BCUT2D eigenvalue weighted by molar-refractivity contribution is 7.89. The molecule has 1 aromatic carbocycles. The summed E-state index contributed by atoms with van der Waals surface area (Å²) in [7, 11) is -3.51. The third-order valence-electron chi connectivity index (χ3n) is 5.99. The molecule has 0 aromatic heterocycles. The van der Waals surface area contributed by atoms with Crippen LogP contribution in [0.4, 0.5) is 0 Å². The zero-order valence-electron chi connectivity index (χ0n) is 17.0. The minimum atomic E-state index is -3.51. The molecule has 2 unspecified atom stereocenters. The Morgan fingerprint density at radius 3 is 2.43 bits per heavy atom. The van der Waals surface area contributed by atoms with Crippen molar-refractivity contribution in [2.75, 3.05) is 32.8 Å². The lowest BCUT2D eigenvalue weighted by Crippen LogP contribution is -2.50. The number of ether oxygens (including phenoxy) is 1. The molecule has 1 aromatic rings. The zero-order chi connectivity index (χ0) is 20.1. The van der Waals surface area contributed by atoms with Crippen molar-refractivity contribution in [2.24, 2.45) is 0 Å². The molecule has 2 atom stereocenters. The molecule has 3 rings (SSSR count). The lowest BCUT2D eigenvalue weighted by Gasteiger charge is -2.34. The molecule has 1 amide bonds. The van der Waals surface area contributed by atoms with Gasteiger partial charge in [0.25, 0.3) is 0 Å². The minimum Gasteiger partial charge on any atom is -0.378 e. The van der Waals surface area contributed by atoms with Gasteiger partial charge in [0, 0.05) is 39.2 Å². The van der Waals surface area contributed by atoms with Crippen molar-refractivity contribution in [3.8, 4) is 0 Å². The van der Waals surface area contributed by atoms with Crippen molar-refractivity contribution >= 4 is 15.9 Å². The summed E-state index contributed by atoms with van der Waals surface area (Å²) in [5, 5.41) is 0. The molecule has 0 aliphatic carbocycles. The van der Waals surface area contributed by atoms with Crippen LogP contribution in [0, 0.1) is 0 Å². The van der Waals surface area contributed by atoms with E-state index in [2.05, 4.69) is 13.8 Å². The van der Waals surface area contributed by atoms with Crippen molar-refractivity contribution in [1.29, 1.82) is 0 Å². The van der Waals surface area contributed by atoms with Gasteiger partial charge in [-0.15, -0.1) is 0 Å². The Hall–Kier alpha value is -1.44. The van der Waals surface area contributed by atoms with E-state index in [1.165, 1.54) is 4.31 Å². The second-order valence-electron chi connectivity index (χ2n) is 7.84. The van der Waals surface area contributed by atoms with E-state index in [4.69, 9.17) is 4.74 Å². The molecule has 0 N–H and O–H groups in total. The summed E-state index contributed by atoms with van der Waals surface area (Å²) in [6.45, 7) is 6.66. The van der Waals surface area contributed by atoms with Gasteiger partial charge < -0.3 is 9.64 Å². The Labute approximate surface area is 168 Å². The predicted molar refractivity (Wildman–Crippen MR) is 109 cm³/mol. The molecule has 0 spiro atoms. The fourth-order valence-electron chi connectivity index (χ4n) is 3.85. The molecule has 2 saturated heterocycles. The number of amides is 1. The fourth-order valence-corrected chi connectivity index (χ4v) is 5.27. The van der Waals surface area contributed by atoms with Crippen molar-refractivity contribution in [3.63, 3.8) is 0 Å². The highest BCUT2D eigenvalue weighted by Crippen LogP contribution is 2.23. The van der Waals surface area contributed by atoms with E-state index < -0.39 is 10.0 Å². The topological polar surface area (TPSA) is 66.9 Å². The number of hydrogen-bond acceptors (Lipinski definition) is 4. The smallest absolute Gasteiger partial charge is 0.243 e. The molecule has 2 heterocycles. The standard InChI is InChI=1S/C21H32N2O4S/c1-3-17(2)18-6-9-20(10-7-18)28(25,26)23-14-12-22(13-15-23)21(24)11-8-19-5-4-16-27-19/h6-7,9-10,17,19H,3-5,8,11-16H2,1-2H3. The van der Waals surface area contributed by atoms with Crippen LogP contribution in [0.3, 0.4) is 0 Å². The van der Waals surface area contributed by atoms with Gasteiger partial charge in [0.2, 0.25) is 15.9 Å². The van der Waals surface area contributed by atoms with Gasteiger partial charge >= 0.3 is 0 Å². The highest BCUT2D eigenvalue weighted by Gasteiger charge is 2.30. The largest absolute Gasteiger partial charge is 0.378 e. The SMILES string of the molecule is CCC(C)c1ccc(S(=O)(=O)N2CCN(C(=O)CCC3CCCO3)CC2)cc1. The maximum absolute atomic E-state index is 12.9. The highest BCUT2D eigenvalue weighted by atomic mass is 32.2. The van der Waals surface area contributed by atoms with Crippen molar-refractivity contribution in [1.82, 2.24) is 9.21 Å². The van der Waals surface area contributed by atoms with Crippen LogP contribution in [0.15, 0.2) is 29.2 Å². The lowest BCUT2D eigenvalue weighted by molar-refractivity contribution is -0.133. The molecular formula is C21H32N2O4S. The van der Waals surface area contributed by atoms with Crippen LogP contribution in [0.5, 0.6) is 0 Å². The Morgan fingerprint density at radius 1 is 1.18 bits per heavy atom. The van der Waals surface area contributed by atoms with E-state index in [1.807, 2.05) is 12.1 Å². The van der Waals surface area contributed by atoms with Crippen molar-refractivity contribution in [2.45, 2.75) is 62.9 Å². The molecule has 0 saturated carbocycles. The normalized spacial score (nSPS) is 22.4. The first kappa shape index (κ1) is 21.3. The molecule has 6 nitrogen and oxygen atoms in total. The summed E-state index contributed by atoms with van der Waals surface area (Å²) < 4.78 is 32.9. The summed E-state index contributed by atoms with van der Waals surface area (Å²) in [6.07, 6.45) is 4.59. The number of carbonyl (C=O) groups excluding carboxylic acids is 1. The third-order valence-corrected chi connectivity index (χ3v) is 7.91. The van der Waals surface area contributed by atoms with Gasteiger partial charge in [0.1, 0.15) is 0 Å². The van der Waals surface area contributed by atoms with Gasteiger partial charge in [0.05, 0.1) is 11.0 Å². The summed E-state index contributed by atoms with van der Waals surface area (Å²) >= 11 is 0. The maximum Gasteiger partial charge on any atom is 0.243 e. The molecule has 0 bridgehead atoms. The number of nitrogens with zero attached hydrogens (tertiary/aromatic N) is 2. The number of hydrogen-bond donors (Lipinski definition) is 0. The van der Waals surface area contributed by atoms with E-state index >= 15 is 0 Å². The molecule has 2 aliphatic heterocycles. The average molecular weight is 409 g/mol. The van der Waals surface area contributed by atoms with Gasteiger partial charge in [-0.3, -0.25) is 4.79 Å². The van der Waals surface area contributed by atoms with Crippen LogP contribution in [-0.4, -0.2) is 62.4 Å². The quantitative estimate of drug-likeness (QED) is 0.696. The van der Waals surface area contributed by atoms with E-state index in [-0.39, 0.29) is 12.0 Å². The first-order valence-corrected chi connectivity index (χ1v) is 11.8. The zero-order valence-corrected chi connectivity index (χ0v) is 17.8. The fraction of sp³-hybridized carbons (Fsp3) is 0.667. The molecule has 156 valence electrons. The number of piperazine rings is 1. The maximum atomic E-state index is 12.9. The summed E-state index contributed by atoms with van der Waals surface area (Å²) in [4.78, 5) is 14.5. The Kier molecular flexibility index (Phi) is 7.12. The second kappa shape index (κ2) is 9.37. The molecule has 7 heteroatoms. The van der Waals surface area contributed by atoms with Crippen molar-refractivity contribution < 1.29 is 17.9 Å². The van der Waals surface area contributed by atoms with E-state index in [0.29, 0.717) is 43.4 Å². The van der Waals surface area contributed by atoms with Crippen LogP contribution in [0.2, 0.25) is 0 Å². The third kappa shape index (κ3) is 4.93. The number of benzene rings is 1. The van der Waals surface area contributed by atoms with Gasteiger partial charge in [-0.1, -0.05) is 26.0 Å². The lowest BCUT2D eigenvalue weighted by atomic mass is 9.99. The van der Waals surface area contributed by atoms with Gasteiger partial charge in [0.15, 0.2) is 0 Å². The first-order valence-electron chi connectivity index (χ1n) is 10.4. The average Bonchev–Trinajstić information content (AvgIpc) is 3.25. The van der Waals surface area contributed by atoms with Crippen LogP contribution in [0.1, 0.15) is 57.4 Å². The predicted octanol–water partition coefficient (Wildman–Crippen LogP) is 2.99. The van der Waals surface area contributed by atoms with E-state index in [9.17, 15) is 13.2 Å². The van der Waals surface area contributed by atoms with Crippen LogP contribution in [0.25, 0.3) is 0 Å². The number of carbonyl (C=O) groups is 1. The molecule has 0 radical (unpaired) electrons. The van der Waals surface area contributed by atoms with E-state index in [0.717, 1.165) is 37.9 Å². The monoisotopic (exact) mass is 408 g/mol. The number of rotatable bonds is 7. The van der Waals surface area contributed by atoms with E-state index in [1.54, 1.807) is 17.0 Å². The van der Waals surface area contributed by atoms with Crippen LogP contribution in [-0.2, 0) is 19.6 Å². The second-order valence-corrected chi connectivity index (χ2v) is 9.77. The van der Waals surface area contributed by atoms with Crippen LogP contribution >= 0.6 is 0 Å². The van der Waals surface area contributed by atoms with Gasteiger partial charge in [-0.25, -0.2) is 8.42 Å². The number of sulfonamides is 1. The summed E-state index contributed by atoms with van der Waals surface area (Å²) in [6, 6.07) is 7.23. The molecular weight excluding hydrogens is 376 g/mol. The van der Waals surface area contributed by atoms with Gasteiger partial charge in [-0.05, 0) is 49.3 Å².